The SMILES string of the molecule is COCC1CN(c2ccnc3cc(C(F)(F)F)ccc23)CC(C)O1. The summed E-state index contributed by atoms with van der Waals surface area (Å²) in [6, 6.07) is 5.52. The number of nitrogens with zero attached hydrogens (tertiary/aromatic N) is 2. The first-order valence-corrected chi connectivity index (χ1v) is 7.74. The molecule has 3 rings (SSSR count). The van der Waals surface area contributed by atoms with Gasteiger partial charge in [-0.2, -0.15) is 13.2 Å². The van der Waals surface area contributed by atoms with Crippen molar-refractivity contribution in [3.05, 3.63) is 36.0 Å². The van der Waals surface area contributed by atoms with Gasteiger partial charge in [-0.15, -0.1) is 0 Å². The van der Waals surface area contributed by atoms with Gasteiger partial charge in [0.25, 0.3) is 0 Å². The van der Waals surface area contributed by atoms with E-state index < -0.39 is 11.7 Å². The Hall–Kier alpha value is -1.86. The predicted molar refractivity (Wildman–Crippen MR) is 85.2 cm³/mol. The second kappa shape index (κ2) is 6.57. The zero-order valence-electron chi connectivity index (χ0n) is 13.5. The zero-order valence-corrected chi connectivity index (χ0v) is 13.5. The van der Waals surface area contributed by atoms with Gasteiger partial charge in [0.1, 0.15) is 0 Å². The minimum Gasteiger partial charge on any atom is -0.382 e. The van der Waals surface area contributed by atoms with Crippen LogP contribution >= 0.6 is 0 Å². The lowest BCUT2D eigenvalue weighted by atomic mass is 10.1. The van der Waals surface area contributed by atoms with Crippen molar-refractivity contribution in [3.63, 3.8) is 0 Å². The monoisotopic (exact) mass is 340 g/mol. The first-order valence-electron chi connectivity index (χ1n) is 7.74. The van der Waals surface area contributed by atoms with Crippen LogP contribution in [0.25, 0.3) is 10.9 Å². The van der Waals surface area contributed by atoms with Crippen molar-refractivity contribution in [3.8, 4) is 0 Å². The van der Waals surface area contributed by atoms with Gasteiger partial charge >= 0.3 is 6.18 Å². The van der Waals surface area contributed by atoms with E-state index in [2.05, 4.69) is 9.88 Å². The third-order valence-corrected chi connectivity index (χ3v) is 4.07. The van der Waals surface area contributed by atoms with Crippen LogP contribution in [0.2, 0.25) is 0 Å². The maximum Gasteiger partial charge on any atom is 0.416 e. The van der Waals surface area contributed by atoms with Crippen LogP contribution in [-0.4, -0.2) is 44.0 Å². The Morgan fingerprint density at radius 3 is 2.79 bits per heavy atom. The van der Waals surface area contributed by atoms with E-state index in [1.165, 1.54) is 6.07 Å². The Kier molecular flexibility index (Phi) is 4.64. The molecule has 2 atom stereocenters. The average molecular weight is 340 g/mol. The van der Waals surface area contributed by atoms with E-state index in [4.69, 9.17) is 9.47 Å². The van der Waals surface area contributed by atoms with Gasteiger partial charge in [-0.05, 0) is 25.1 Å². The molecular formula is C17H19F3N2O2. The normalized spacial score (nSPS) is 22.1. The molecule has 0 radical (unpaired) electrons. The lowest BCUT2D eigenvalue weighted by Gasteiger charge is -2.38. The Labute approximate surface area is 138 Å². The highest BCUT2D eigenvalue weighted by Gasteiger charge is 2.31. The highest BCUT2D eigenvalue weighted by Crippen LogP contribution is 2.34. The Balaban J connectivity index is 1.97. The highest BCUT2D eigenvalue weighted by molar-refractivity contribution is 5.92. The number of morpholine rings is 1. The number of aromatic nitrogens is 1. The fraction of sp³-hybridized carbons (Fsp3) is 0.471. The number of hydrogen-bond donors (Lipinski definition) is 0. The molecule has 1 saturated heterocycles. The number of benzene rings is 1. The third kappa shape index (κ3) is 3.47. The van der Waals surface area contributed by atoms with Crippen LogP contribution in [-0.2, 0) is 15.7 Å². The number of rotatable bonds is 3. The second-order valence-corrected chi connectivity index (χ2v) is 5.99. The fourth-order valence-corrected chi connectivity index (χ4v) is 3.10. The standard InChI is InChI=1S/C17H19F3N2O2/c1-11-8-22(9-13(24-11)10-23-2)16-5-6-21-15-7-12(17(18,19)20)3-4-14(15)16/h3-7,11,13H,8-10H2,1-2H3. The number of pyridine rings is 1. The van der Waals surface area contributed by atoms with Crippen molar-refractivity contribution in [2.45, 2.75) is 25.3 Å². The van der Waals surface area contributed by atoms with Gasteiger partial charge in [-0.1, -0.05) is 6.07 Å². The third-order valence-electron chi connectivity index (χ3n) is 4.07. The maximum atomic E-state index is 12.9. The molecule has 1 aliphatic rings. The number of halogens is 3. The van der Waals surface area contributed by atoms with E-state index in [9.17, 15) is 13.2 Å². The molecule has 2 aromatic rings. The van der Waals surface area contributed by atoms with Crippen LogP contribution in [0.3, 0.4) is 0 Å². The Morgan fingerprint density at radius 2 is 2.08 bits per heavy atom. The molecule has 130 valence electrons. The van der Waals surface area contributed by atoms with Crippen LogP contribution in [0.5, 0.6) is 0 Å². The van der Waals surface area contributed by atoms with Crippen LogP contribution in [0.1, 0.15) is 12.5 Å². The summed E-state index contributed by atoms with van der Waals surface area (Å²) in [6.07, 6.45) is -2.89. The molecule has 0 spiro atoms. The molecule has 24 heavy (non-hydrogen) atoms. The van der Waals surface area contributed by atoms with Gasteiger partial charge in [-0.25, -0.2) is 0 Å². The highest BCUT2D eigenvalue weighted by atomic mass is 19.4. The van der Waals surface area contributed by atoms with E-state index >= 15 is 0 Å². The molecule has 0 aliphatic carbocycles. The van der Waals surface area contributed by atoms with Crippen molar-refractivity contribution < 1.29 is 22.6 Å². The van der Waals surface area contributed by atoms with E-state index in [0.29, 0.717) is 30.6 Å². The van der Waals surface area contributed by atoms with E-state index in [-0.39, 0.29) is 12.2 Å². The predicted octanol–water partition coefficient (Wildman–Crippen LogP) is 3.49. The van der Waals surface area contributed by atoms with Crippen molar-refractivity contribution in [1.29, 1.82) is 0 Å². The summed E-state index contributed by atoms with van der Waals surface area (Å²) in [4.78, 5) is 6.22. The molecule has 0 N–H and O–H groups in total. The minimum absolute atomic E-state index is 0.0107. The van der Waals surface area contributed by atoms with E-state index in [1.54, 1.807) is 13.3 Å². The number of anilines is 1. The quantitative estimate of drug-likeness (QED) is 0.857. The smallest absolute Gasteiger partial charge is 0.382 e. The summed E-state index contributed by atoms with van der Waals surface area (Å²) in [5.74, 6) is 0. The van der Waals surface area contributed by atoms with E-state index in [0.717, 1.165) is 17.8 Å². The molecular weight excluding hydrogens is 321 g/mol. The molecule has 0 bridgehead atoms. The molecule has 4 nitrogen and oxygen atoms in total. The number of ether oxygens (including phenoxy) is 2. The largest absolute Gasteiger partial charge is 0.416 e. The number of fused-ring (bicyclic) bond motifs is 1. The van der Waals surface area contributed by atoms with Gasteiger partial charge in [0.15, 0.2) is 0 Å². The lowest BCUT2D eigenvalue weighted by molar-refractivity contribution is -0.137. The Morgan fingerprint density at radius 1 is 1.29 bits per heavy atom. The topological polar surface area (TPSA) is 34.6 Å². The fourth-order valence-electron chi connectivity index (χ4n) is 3.10. The van der Waals surface area contributed by atoms with Crippen LogP contribution < -0.4 is 4.90 Å². The van der Waals surface area contributed by atoms with Gasteiger partial charge < -0.3 is 14.4 Å². The summed E-state index contributed by atoms with van der Waals surface area (Å²) >= 11 is 0. The molecule has 1 aromatic heterocycles. The molecule has 2 heterocycles. The first-order chi connectivity index (χ1) is 11.4. The summed E-state index contributed by atoms with van der Waals surface area (Å²) in [6.45, 7) is 3.74. The second-order valence-electron chi connectivity index (χ2n) is 5.99. The maximum absolute atomic E-state index is 12.9. The summed E-state index contributed by atoms with van der Waals surface area (Å²) in [5, 5.41) is 0.704. The molecule has 1 aromatic carbocycles. The average Bonchev–Trinajstić information content (AvgIpc) is 2.52. The number of hydrogen-bond acceptors (Lipinski definition) is 4. The lowest BCUT2D eigenvalue weighted by Crippen LogP contribution is -2.48. The van der Waals surface area contributed by atoms with Crippen molar-refractivity contribution in [2.75, 3.05) is 31.7 Å². The number of alkyl halides is 3. The van der Waals surface area contributed by atoms with Crippen molar-refractivity contribution in [2.24, 2.45) is 0 Å². The molecule has 0 saturated carbocycles. The summed E-state index contributed by atoms with van der Waals surface area (Å²) in [7, 11) is 1.62. The summed E-state index contributed by atoms with van der Waals surface area (Å²) < 4.78 is 49.7. The molecule has 2 unspecified atom stereocenters. The van der Waals surface area contributed by atoms with Crippen LogP contribution in [0.15, 0.2) is 30.5 Å². The summed E-state index contributed by atoms with van der Waals surface area (Å²) in [5.41, 5.74) is 0.516. The zero-order chi connectivity index (χ0) is 17.3. The molecule has 1 fully saturated rings. The van der Waals surface area contributed by atoms with Gasteiger partial charge in [0, 0.05) is 37.5 Å². The van der Waals surface area contributed by atoms with Gasteiger partial charge in [0.05, 0.1) is 29.9 Å². The first kappa shape index (κ1) is 17.0. The minimum atomic E-state index is -4.37. The van der Waals surface area contributed by atoms with Crippen molar-refractivity contribution >= 4 is 16.6 Å². The number of methoxy groups -OCH3 is 1. The van der Waals surface area contributed by atoms with Crippen LogP contribution in [0, 0.1) is 0 Å². The van der Waals surface area contributed by atoms with E-state index in [1.807, 2.05) is 13.0 Å². The molecule has 7 heteroatoms. The van der Waals surface area contributed by atoms with Gasteiger partial charge in [0.2, 0.25) is 0 Å². The molecule has 0 amide bonds. The van der Waals surface area contributed by atoms with Crippen molar-refractivity contribution in [1.82, 2.24) is 4.98 Å². The van der Waals surface area contributed by atoms with Crippen LogP contribution in [0.4, 0.5) is 18.9 Å². The molecule has 1 aliphatic heterocycles. The Bertz CT molecular complexity index is 721. The van der Waals surface area contributed by atoms with Gasteiger partial charge in [-0.3, -0.25) is 4.98 Å².